The van der Waals surface area contributed by atoms with E-state index in [1.807, 2.05) is 42.3 Å². The zero-order chi connectivity index (χ0) is 16.4. The molecule has 1 atom stereocenters. The molecular formula is C18H20N6. The first kappa shape index (κ1) is 14.8. The Morgan fingerprint density at radius 2 is 2.08 bits per heavy atom. The number of piperidine rings is 1. The molecule has 1 aliphatic heterocycles. The quantitative estimate of drug-likeness (QED) is 0.742. The molecule has 0 spiro atoms. The molecule has 4 heterocycles. The third-order valence-corrected chi connectivity index (χ3v) is 4.52. The fourth-order valence-corrected chi connectivity index (χ4v) is 3.27. The van der Waals surface area contributed by atoms with Crippen molar-refractivity contribution in [2.75, 3.05) is 18.0 Å². The Bertz CT molecular complexity index is 813. The van der Waals surface area contributed by atoms with Gasteiger partial charge in [-0.25, -0.2) is 15.0 Å². The second-order valence-electron chi connectivity index (χ2n) is 6.16. The zero-order valence-electron chi connectivity index (χ0n) is 13.7. The van der Waals surface area contributed by atoms with E-state index in [1.165, 1.54) is 0 Å². The molecule has 0 N–H and O–H groups in total. The van der Waals surface area contributed by atoms with Crippen molar-refractivity contribution in [3.8, 4) is 11.5 Å². The van der Waals surface area contributed by atoms with Gasteiger partial charge >= 0.3 is 0 Å². The van der Waals surface area contributed by atoms with Gasteiger partial charge in [-0.2, -0.15) is 0 Å². The van der Waals surface area contributed by atoms with Gasteiger partial charge < -0.3 is 9.47 Å². The number of aromatic nitrogens is 5. The Balaban J connectivity index is 1.58. The molecule has 3 aromatic heterocycles. The van der Waals surface area contributed by atoms with Crippen LogP contribution in [0, 0.1) is 0 Å². The van der Waals surface area contributed by atoms with E-state index < -0.39 is 0 Å². The molecule has 3 aromatic rings. The predicted molar refractivity (Wildman–Crippen MR) is 92.7 cm³/mol. The smallest absolute Gasteiger partial charge is 0.159 e. The van der Waals surface area contributed by atoms with Crippen molar-refractivity contribution in [2.24, 2.45) is 7.05 Å². The Hall–Kier alpha value is -2.76. The molecule has 0 unspecified atom stereocenters. The molecule has 1 saturated heterocycles. The van der Waals surface area contributed by atoms with E-state index in [0.717, 1.165) is 49.0 Å². The first-order valence-corrected chi connectivity index (χ1v) is 8.27. The maximum absolute atomic E-state index is 4.83. The molecule has 0 aromatic carbocycles. The van der Waals surface area contributed by atoms with Gasteiger partial charge in [0.15, 0.2) is 5.82 Å². The lowest BCUT2D eigenvalue weighted by molar-refractivity contribution is 0.497. The van der Waals surface area contributed by atoms with Crippen LogP contribution in [0.5, 0.6) is 0 Å². The lowest BCUT2D eigenvalue weighted by atomic mass is 9.95. The van der Waals surface area contributed by atoms with Crippen molar-refractivity contribution < 1.29 is 0 Å². The molecule has 0 aliphatic carbocycles. The minimum atomic E-state index is 0.369. The second-order valence-corrected chi connectivity index (χ2v) is 6.16. The van der Waals surface area contributed by atoms with Gasteiger partial charge in [0.25, 0.3) is 0 Å². The molecule has 0 saturated carbocycles. The molecule has 6 heteroatoms. The van der Waals surface area contributed by atoms with Crippen molar-refractivity contribution in [3.05, 3.63) is 54.9 Å². The number of nitrogens with zero attached hydrogens (tertiary/aromatic N) is 6. The Kier molecular flexibility index (Phi) is 3.94. The van der Waals surface area contributed by atoms with Gasteiger partial charge in [0, 0.05) is 50.8 Å². The molecule has 1 fully saturated rings. The first-order valence-electron chi connectivity index (χ1n) is 8.27. The number of pyridine rings is 1. The highest BCUT2D eigenvalue weighted by atomic mass is 15.2. The normalized spacial score (nSPS) is 17.9. The van der Waals surface area contributed by atoms with Crippen LogP contribution in [0.1, 0.15) is 24.5 Å². The maximum atomic E-state index is 4.83. The maximum Gasteiger partial charge on any atom is 0.159 e. The fourth-order valence-electron chi connectivity index (χ4n) is 3.27. The van der Waals surface area contributed by atoms with Crippen LogP contribution in [-0.4, -0.2) is 37.6 Å². The van der Waals surface area contributed by atoms with Gasteiger partial charge in [-0.3, -0.25) is 4.98 Å². The lowest BCUT2D eigenvalue weighted by Crippen LogP contribution is -2.35. The summed E-state index contributed by atoms with van der Waals surface area (Å²) in [7, 11) is 1.97. The largest absolute Gasteiger partial charge is 0.356 e. The molecule has 6 nitrogen and oxygen atoms in total. The van der Waals surface area contributed by atoms with E-state index >= 15 is 0 Å². The summed E-state index contributed by atoms with van der Waals surface area (Å²) in [4.78, 5) is 20.4. The van der Waals surface area contributed by atoms with E-state index in [2.05, 4.69) is 25.9 Å². The van der Waals surface area contributed by atoms with Crippen molar-refractivity contribution in [2.45, 2.75) is 18.8 Å². The van der Waals surface area contributed by atoms with Crippen LogP contribution in [-0.2, 0) is 7.05 Å². The first-order chi connectivity index (χ1) is 11.8. The van der Waals surface area contributed by atoms with Crippen molar-refractivity contribution in [1.29, 1.82) is 0 Å². The second kappa shape index (κ2) is 6.39. The van der Waals surface area contributed by atoms with Gasteiger partial charge in [0.2, 0.25) is 0 Å². The highest BCUT2D eigenvalue weighted by Crippen LogP contribution is 2.28. The molecular weight excluding hydrogens is 300 g/mol. The third kappa shape index (κ3) is 2.87. The van der Waals surface area contributed by atoms with E-state index in [-0.39, 0.29) is 0 Å². The summed E-state index contributed by atoms with van der Waals surface area (Å²) in [6.07, 6.45) is 11.5. The summed E-state index contributed by atoms with van der Waals surface area (Å²) in [5.74, 6) is 2.26. The molecule has 0 bridgehead atoms. The van der Waals surface area contributed by atoms with Crippen LogP contribution >= 0.6 is 0 Å². The van der Waals surface area contributed by atoms with Gasteiger partial charge in [0.1, 0.15) is 11.5 Å². The van der Waals surface area contributed by atoms with Gasteiger partial charge in [0.05, 0.1) is 11.9 Å². The van der Waals surface area contributed by atoms with Crippen LogP contribution < -0.4 is 4.90 Å². The van der Waals surface area contributed by atoms with Gasteiger partial charge in [-0.15, -0.1) is 0 Å². The summed E-state index contributed by atoms with van der Waals surface area (Å²) in [5.41, 5.74) is 1.87. The summed E-state index contributed by atoms with van der Waals surface area (Å²) in [5, 5.41) is 0. The molecule has 1 aliphatic rings. The Morgan fingerprint density at radius 1 is 1.12 bits per heavy atom. The van der Waals surface area contributed by atoms with Crippen molar-refractivity contribution in [3.63, 3.8) is 0 Å². The number of aryl methyl sites for hydroxylation is 1. The molecule has 122 valence electrons. The SMILES string of the molecule is Cn1ccnc1-c1cncc([C@H]2CCCN(c3ccccn3)C2)n1. The summed E-state index contributed by atoms with van der Waals surface area (Å²) < 4.78 is 1.97. The monoisotopic (exact) mass is 320 g/mol. The fraction of sp³-hybridized carbons (Fsp3) is 0.333. The van der Waals surface area contributed by atoms with Crippen molar-refractivity contribution in [1.82, 2.24) is 24.5 Å². The molecule has 0 amide bonds. The third-order valence-electron chi connectivity index (χ3n) is 4.52. The molecule has 4 rings (SSSR count). The average Bonchev–Trinajstić information content (AvgIpc) is 3.09. The van der Waals surface area contributed by atoms with E-state index in [0.29, 0.717) is 5.92 Å². The Morgan fingerprint density at radius 3 is 2.88 bits per heavy atom. The minimum absolute atomic E-state index is 0.369. The van der Waals surface area contributed by atoms with E-state index in [4.69, 9.17) is 4.98 Å². The van der Waals surface area contributed by atoms with Crippen LogP contribution in [0.15, 0.2) is 49.2 Å². The summed E-state index contributed by atoms with van der Waals surface area (Å²) >= 11 is 0. The number of anilines is 1. The zero-order valence-corrected chi connectivity index (χ0v) is 13.7. The minimum Gasteiger partial charge on any atom is -0.356 e. The summed E-state index contributed by atoms with van der Waals surface area (Å²) in [6.45, 7) is 1.97. The van der Waals surface area contributed by atoms with Crippen LogP contribution in [0.3, 0.4) is 0 Å². The van der Waals surface area contributed by atoms with Crippen molar-refractivity contribution >= 4 is 5.82 Å². The Labute approximate surface area is 141 Å². The van der Waals surface area contributed by atoms with E-state index in [1.54, 1.807) is 12.4 Å². The summed E-state index contributed by atoms with van der Waals surface area (Å²) in [6, 6.07) is 6.05. The number of rotatable bonds is 3. The van der Waals surface area contributed by atoms with Gasteiger partial charge in [-0.1, -0.05) is 6.07 Å². The van der Waals surface area contributed by atoms with Crippen LogP contribution in [0.25, 0.3) is 11.5 Å². The van der Waals surface area contributed by atoms with Crippen LogP contribution in [0.2, 0.25) is 0 Å². The predicted octanol–water partition coefficient (Wildman–Crippen LogP) is 2.66. The lowest BCUT2D eigenvalue weighted by Gasteiger charge is -2.33. The standard InChI is InChI=1S/C18H20N6/c1-23-10-8-21-18(23)16-12-19-11-15(22-16)14-5-4-9-24(13-14)17-6-2-3-7-20-17/h2-3,6-8,10-12,14H,4-5,9,13H2,1H3/t14-/m0/s1. The highest BCUT2D eigenvalue weighted by molar-refractivity contribution is 5.48. The molecule has 0 radical (unpaired) electrons. The topological polar surface area (TPSA) is 59.7 Å². The van der Waals surface area contributed by atoms with E-state index in [9.17, 15) is 0 Å². The highest BCUT2D eigenvalue weighted by Gasteiger charge is 2.24. The van der Waals surface area contributed by atoms with Gasteiger partial charge in [-0.05, 0) is 25.0 Å². The number of hydrogen-bond acceptors (Lipinski definition) is 5. The number of imidazole rings is 1. The van der Waals surface area contributed by atoms with Crippen LogP contribution in [0.4, 0.5) is 5.82 Å². The average molecular weight is 320 g/mol. The number of hydrogen-bond donors (Lipinski definition) is 0. The molecule has 24 heavy (non-hydrogen) atoms.